The Labute approximate surface area is 232 Å². The Morgan fingerprint density at radius 2 is 1.93 bits per heavy atom. The van der Waals surface area contributed by atoms with Crippen molar-refractivity contribution in [2.24, 2.45) is 20.0 Å². The van der Waals surface area contributed by atoms with Crippen LogP contribution in [0.4, 0.5) is 17.5 Å². The molecule has 0 radical (unpaired) electrons. The lowest BCUT2D eigenvalue weighted by molar-refractivity contribution is -0.119. The first-order chi connectivity index (χ1) is 19.3. The van der Waals surface area contributed by atoms with Crippen LogP contribution in [0.5, 0.6) is 11.5 Å². The number of rotatable bonds is 7. The third-order valence-corrected chi connectivity index (χ3v) is 7.67. The van der Waals surface area contributed by atoms with E-state index in [1.807, 2.05) is 0 Å². The summed E-state index contributed by atoms with van der Waals surface area (Å²) in [6.07, 6.45) is 10.3. The van der Waals surface area contributed by atoms with Gasteiger partial charge in [-0.25, -0.2) is 19.2 Å². The first-order valence-electron chi connectivity index (χ1n) is 12.9. The fourth-order valence-electron chi connectivity index (χ4n) is 4.65. The summed E-state index contributed by atoms with van der Waals surface area (Å²) in [7, 11) is 5.13. The van der Waals surface area contributed by atoms with Gasteiger partial charge < -0.3 is 14.6 Å². The zero-order chi connectivity index (χ0) is 27.7. The fourth-order valence-corrected chi connectivity index (χ4v) is 4.95. The van der Waals surface area contributed by atoms with E-state index in [0.717, 1.165) is 31.4 Å². The maximum absolute atomic E-state index is 12.7. The molecule has 5 heterocycles. The normalized spacial score (nSPS) is 15.1. The number of ether oxygens (including phenoxy) is 1. The summed E-state index contributed by atoms with van der Waals surface area (Å²) >= 11 is 6.78. The second-order valence-corrected chi connectivity index (χ2v) is 10.6. The van der Waals surface area contributed by atoms with E-state index in [0.29, 0.717) is 56.6 Å². The van der Waals surface area contributed by atoms with Crippen LogP contribution in [0.2, 0.25) is 5.02 Å². The van der Waals surface area contributed by atoms with Gasteiger partial charge in [0, 0.05) is 33.0 Å². The summed E-state index contributed by atoms with van der Waals surface area (Å²) in [6.45, 7) is 0. The molecule has 2 aliphatic rings. The molecule has 0 unspecified atom stereocenters. The van der Waals surface area contributed by atoms with Gasteiger partial charge in [-0.2, -0.15) is 15.2 Å². The minimum absolute atomic E-state index is 0.0549. The Morgan fingerprint density at radius 1 is 1.12 bits per heavy atom. The van der Waals surface area contributed by atoms with Crippen molar-refractivity contribution >= 4 is 51.6 Å². The standard InChI is InChI=1S/C26H25ClN10O3/c1-34(24(38)14-6-7-14)20-12-37-17(9-28-20)18(11-30-37)40-19-10-29-23-22(21(19)27)35(2)26(32-23)31-16-8-15(13-4-5-13)33-36(3)25(16)39/h8-14H,4-7H2,1-3H3,(H,29,31,32). The number of nitrogens with one attached hydrogen (secondary N) is 1. The van der Waals surface area contributed by atoms with Crippen LogP contribution in [0.25, 0.3) is 16.7 Å². The minimum Gasteiger partial charge on any atom is -0.450 e. The Hall–Kier alpha value is -4.52. The van der Waals surface area contributed by atoms with Gasteiger partial charge in [-0.05, 0) is 31.7 Å². The molecule has 2 saturated carbocycles. The fraction of sp³-hybridized carbons (Fsp3) is 0.346. The van der Waals surface area contributed by atoms with Gasteiger partial charge in [0.25, 0.3) is 5.56 Å². The zero-order valence-corrected chi connectivity index (χ0v) is 22.8. The van der Waals surface area contributed by atoms with Gasteiger partial charge in [-0.3, -0.25) is 14.5 Å². The number of hydrogen-bond acceptors (Lipinski definition) is 9. The highest BCUT2D eigenvalue weighted by Gasteiger charge is 2.33. The zero-order valence-electron chi connectivity index (χ0n) is 22.0. The molecular formula is C26H25ClN10O3. The molecule has 0 aromatic carbocycles. The third kappa shape index (κ3) is 4.13. The van der Waals surface area contributed by atoms with Crippen LogP contribution in [0.1, 0.15) is 37.3 Å². The Morgan fingerprint density at radius 3 is 2.67 bits per heavy atom. The molecule has 1 amide bonds. The maximum atomic E-state index is 12.7. The lowest BCUT2D eigenvalue weighted by Gasteiger charge is -2.15. The SMILES string of the molecule is CN(C(=O)C1CC1)c1cn2ncc(Oc3cnc4nc(Nc5cc(C6CC6)nn(C)c5=O)n(C)c4c3Cl)c2cn1. The maximum Gasteiger partial charge on any atom is 0.290 e. The monoisotopic (exact) mass is 560 g/mol. The second-order valence-electron chi connectivity index (χ2n) is 10.3. The quantitative estimate of drug-likeness (QED) is 0.317. The summed E-state index contributed by atoms with van der Waals surface area (Å²) in [5.74, 6) is 2.16. The van der Waals surface area contributed by atoms with Crippen LogP contribution >= 0.6 is 11.6 Å². The molecule has 1 N–H and O–H groups in total. The first kappa shape index (κ1) is 24.5. The number of aryl methyl sites for hydroxylation is 2. The highest BCUT2D eigenvalue weighted by molar-refractivity contribution is 6.36. The number of anilines is 3. The van der Waals surface area contributed by atoms with E-state index in [9.17, 15) is 9.59 Å². The first-order valence-corrected chi connectivity index (χ1v) is 13.3. The van der Waals surface area contributed by atoms with Gasteiger partial charge in [0.05, 0.1) is 30.5 Å². The number of amides is 1. The molecule has 14 heteroatoms. The number of carbonyl (C=O) groups is 1. The van der Waals surface area contributed by atoms with Crippen molar-refractivity contribution in [1.82, 2.24) is 38.9 Å². The summed E-state index contributed by atoms with van der Waals surface area (Å²) < 4.78 is 10.8. The van der Waals surface area contributed by atoms with Crippen molar-refractivity contribution in [3.63, 3.8) is 0 Å². The molecule has 5 aromatic heterocycles. The number of pyridine rings is 1. The van der Waals surface area contributed by atoms with E-state index >= 15 is 0 Å². The van der Waals surface area contributed by atoms with Crippen LogP contribution in [-0.4, -0.2) is 51.9 Å². The highest BCUT2D eigenvalue weighted by Crippen LogP contribution is 2.40. The lowest BCUT2D eigenvalue weighted by Crippen LogP contribution is -2.28. The number of halogens is 1. The summed E-state index contributed by atoms with van der Waals surface area (Å²) in [6, 6.07) is 1.78. The Bertz CT molecular complexity index is 1890. The van der Waals surface area contributed by atoms with Crippen molar-refractivity contribution in [1.29, 1.82) is 0 Å². The molecule has 2 aliphatic carbocycles. The topological polar surface area (TPSA) is 137 Å². The van der Waals surface area contributed by atoms with Crippen molar-refractivity contribution in [3.05, 3.63) is 51.9 Å². The van der Waals surface area contributed by atoms with Crippen LogP contribution in [0.3, 0.4) is 0 Å². The molecule has 5 aromatic rings. The van der Waals surface area contributed by atoms with Gasteiger partial charge in [0.2, 0.25) is 11.9 Å². The summed E-state index contributed by atoms with van der Waals surface area (Å²) in [5.41, 5.74) is 2.53. The number of carbonyl (C=O) groups excluding carboxylic acids is 1. The van der Waals surface area contributed by atoms with E-state index in [1.54, 1.807) is 59.8 Å². The average molecular weight is 561 g/mol. The highest BCUT2D eigenvalue weighted by atomic mass is 35.5. The van der Waals surface area contributed by atoms with Gasteiger partial charge in [-0.15, -0.1) is 0 Å². The van der Waals surface area contributed by atoms with Gasteiger partial charge in [0.15, 0.2) is 23.0 Å². The van der Waals surface area contributed by atoms with Crippen molar-refractivity contribution in [2.45, 2.75) is 31.6 Å². The number of imidazole rings is 1. The molecule has 13 nitrogen and oxygen atoms in total. The Balaban J connectivity index is 1.18. The molecule has 0 aliphatic heterocycles. The molecule has 0 saturated heterocycles. The number of fused-ring (bicyclic) bond motifs is 2. The largest absolute Gasteiger partial charge is 0.450 e. The number of aromatic nitrogens is 8. The summed E-state index contributed by atoms with van der Waals surface area (Å²) in [5, 5.41) is 12.2. The van der Waals surface area contributed by atoms with E-state index in [-0.39, 0.29) is 17.4 Å². The van der Waals surface area contributed by atoms with Crippen LogP contribution < -0.4 is 20.5 Å². The van der Waals surface area contributed by atoms with Crippen LogP contribution in [0, 0.1) is 5.92 Å². The lowest BCUT2D eigenvalue weighted by atomic mass is 10.2. The van der Waals surface area contributed by atoms with Crippen LogP contribution in [0.15, 0.2) is 35.6 Å². The third-order valence-electron chi connectivity index (χ3n) is 7.31. The number of hydrogen-bond donors (Lipinski definition) is 1. The van der Waals surface area contributed by atoms with Crippen molar-refractivity contribution in [2.75, 3.05) is 17.3 Å². The van der Waals surface area contributed by atoms with E-state index in [4.69, 9.17) is 16.3 Å². The molecule has 2 fully saturated rings. The average Bonchev–Trinajstić information content (AvgIpc) is 3.88. The van der Waals surface area contributed by atoms with Gasteiger partial charge >= 0.3 is 0 Å². The van der Waals surface area contributed by atoms with Gasteiger partial charge in [0.1, 0.15) is 21.7 Å². The Kier molecular flexibility index (Phi) is 5.52. The molecule has 0 spiro atoms. The van der Waals surface area contributed by atoms with Crippen molar-refractivity contribution < 1.29 is 9.53 Å². The van der Waals surface area contributed by atoms with Crippen molar-refractivity contribution in [3.8, 4) is 11.5 Å². The summed E-state index contributed by atoms with van der Waals surface area (Å²) in [4.78, 5) is 40.1. The molecule has 7 rings (SSSR count). The molecule has 0 bridgehead atoms. The van der Waals surface area contributed by atoms with E-state index in [1.165, 1.54) is 10.9 Å². The molecular weight excluding hydrogens is 536 g/mol. The van der Waals surface area contributed by atoms with Gasteiger partial charge in [-0.1, -0.05) is 11.6 Å². The van der Waals surface area contributed by atoms with E-state index in [2.05, 4.69) is 30.5 Å². The minimum atomic E-state index is -0.257. The van der Waals surface area contributed by atoms with E-state index < -0.39 is 0 Å². The second kappa shape index (κ2) is 9.01. The molecule has 0 atom stereocenters. The molecule has 40 heavy (non-hydrogen) atoms. The predicted molar refractivity (Wildman–Crippen MR) is 147 cm³/mol. The molecule has 204 valence electrons. The number of nitrogens with zero attached hydrogens (tertiary/aromatic N) is 9. The predicted octanol–water partition coefficient (Wildman–Crippen LogP) is 3.54. The van der Waals surface area contributed by atoms with Crippen LogP contribution in [-0.2, 0) is 18.9 Å². The smallest absolute Gasteiger partial charge is 0.290 e.